The van der Waals surface area contributed by atoms with Crippen LogP contribution in [0.15, 0.2) is 10.9 Å². The van der Waals surface area contributed by atoms with Gasteiger partial charge in [-0.15, -0.1) is 0 Å². The van der Waals surface area contributed by atoms with Gasteiger partial charge < -0.3 is 9.42 Å². The van der Waals surface area contributed by atoms with E-state index < -0.39 is 0 Å². The Kier molecular flexibility index (Phi) is 1.66. The van der Waals surface area contributed by atoms with E-state index in [4.69, 9.17) is 4.52 Å². The molecular weight excluding hydrogens is 194 g/mol. The highest BCUT2D eigenvalue weighted by Gasteiger charge is 2.54. The summed E-state index contributed by atoms with van der Waals surface area (Å²) in [5, 5.41) is 3.61. The lowest BCUT2D eigenvalue weighted by Gasteiger charge is -2.58. The highest BCUT2D eigenvalue weighted by atomic mass is 16.5. The van der Waals surface area contributed by atoms with Crippen molar-refractivity contribution >= 4 is 5.91 Å². The lowest BCUT2D eigenvalue weighted by atomic mass is 9.57. The van der Waals surface area contributed by atoms with E-state index in [-0.39, 0.29) is 5.91 Å². The number of carbonyl (C=O) groups excluding carboxylic acids is 1. The average molecular weight is 207 g/mol. The largest absolute Gasteiger partial charge is 0.342 e. The van der Waals surface area contributed by atoms with Crippen LogP contribution in [0.25, 0.3) is 0 Å². The Labute approximate surface area is 87.4 Å². The Morgan fingerprint density at radius 1 is 1.60 bits per heavy atom. The average Bonchev–Trinajstić information content (AvgIpc) is 2.50. The molecule has 5 heteroatoms. The first-order chi connectivity index (χ1) is 7.19. The number of hydrogen-bond acceptors (Lipinski definition) is 4. The molecule has 1 spiro atoms. The van der Waals surface area contributed by atoms with Crippen molar-refractivity contribution in [3.8, 4) is 0 Å². The zero-order chi connectivity index (χ0) is 10.5. The molecule has 2 heterocycles. The molecule has 15 heavy (non-hydrogen) atoms. The lowest BCUT2D eigenvalue weighted by Crippen LogP contribution is -2.62. The molecular formula is C10H13N3O2. The molecule has 5 nitrogen and oxygen atoms in total. The molecule has 0 unspecified atom stereocenters. The molecule has 0 atom stereocenters. The standard InChI is InChI=1S/C10H13N3O2/c1-7(14)13-4-10(5-13)2-8(3-10)9-11-6-12-15-9/h6,8H,2-5H2,1H3. The molecule has 0 N–H and O–H groups in total. The van der Waals surface area contributed by atoms with Crippen LogP contribution in [0.2, 0.25) is 0 Å². The molecule has 1 aliphatic heterocycles. The first kappa shape index (κ1) is 8.88. The van der Waals surface area contributed by atoms with Gasteiger partial charge in [0.05, 0.1) is 0 Å². The van der Waals surface area contributed by atoms with Crippen molar-refractivity contribution < 1.29 is 9.32 Å². The minimum Gasteiger partial charge on any atom is -0.342 e. The third-order valence-corrected chi connectivity index (χ3v) is 3.58. The van der Waals surface area contributed by atoms with Crippen molar-refractivity contribution in [2.24, 2.45) is 5.41 Å². The predicted octanol–water partition coefficient (Wildman–Crippen LogP) is 0.795. The van der Waals surface area contributed by atoms with Gasteiger partial charge in [0.15, 0.2) is 6.33 Å². The van der Waals surface area contributed by atoms with Crippen molar-refractivity contribution in [1.82, 2.24) is 15.0 Å². The smallest absolute Gasteiger partial charge is 0.229 e. The first-order valence-electron chi connectivity index (χ1n) is 5.21. The second-order valence-electron chi connectivity index (χ2n) is 4.76. The van der Waals surface area contributed by atoms with Crippen molar-refractivity contribution in [1.29, 1.82) is 0 Å². The van der Waals surface area contributed by atoms with Crippen LogP contribution in [-0.4, -0.2) is 34.0 Å². The summed E-state index contributed by atoms with van der Waals surface area (Å²) in [6, 6.07) is 0. The van der Waals surface area contributed by atoms with Gasteiger partial charge in [0, 0.05) is 31.3 Å². The second-order valence-corrected chi connectivity index (χ2v) is 4.76. The summed E-state index contributed by atoms with van der Waals surface area (Å²) in [7, 11) is 0. The molecule has 1 saturated heterocycles. The second kappa shape index (κ2) is 2.81. The SMILES string of the molecule is CC(=O)N1CC2(CC(c3ncno3)C2)C1. The maximum Gasteiger partial charge on any atom is 0.229 e. The predicted molar refractivity (Wildman–Crippen MR) is 51.0 cm³/mol. The fourth-order valence-electron chi connectivity index (χ4n) is 2.77. The Balaban J connectivity index is 1.57. The lowest BCUT2D eigenvalue weighted by molar-refractivity contribution is -0.149. The Hall–Kier alpha value is -1.39. The van der Waals surface area contributed by atoms with Gasteiger partial charge in [0.1, 0.15) is 0 Å². The van der Waals surface area contributed by atoms with Crippen LogP contribution in [0.1, 0.15) is 31.6 Å². The molecule has 1 amide bonds. The van der Waals surface area contributed by atoms with Crippen LogP contribution in [0.4, 0.5) is 0 Å². The van der Waals surface area contributed by atoms with E-state index in [1.807, 2.05) is 4.90 Å². The maximum absolute atomic E-state index is 11.0. The van der Waals surface area contributed by atoms with Gasteiger partial charge in [-0.05, 0) is 12.8 Å². The number of nitrogens with zero attached hydrogens (tertiary/aromatic N) is 3. The van der Waals surface area contributed by atoms with Crippen LogP contribution in [-0.2, 0) is 4.79 Å². The number of amides is 1. The molecule has 2 fully saturated rings. The Bertz CT molecular complexity index is 373. The molecule has 1 aromatic heterocycles. The fourth-order valence-corrected chi connectivity index (χ4v) is 2.77. The van der Waals surface area contributed by atoms with Crippen molar-refractivity contribution in [2.75, 3.05) is 13.1 Å². The molecule has 0 aromatic carbocycles. The van der Waals surface area contributed by atoms with Gasteiger partial charge in [0.25, 0.3) is 0 Å². The van der Waals surface area contributed by atoms with Gasteiger partial charge in [0.2, 0.25) is 11.8 Å². The number of rotatable bonds is 1. The van der Waals surface area contributed by atoms with Crippen LogP contribution < -0.4 is 0 Å². The summed E-state index contributed by atoms with van der Waals surface area (Å²) < 4.78 is 5.03. The Morgan fingerprint density at radius 2 is 2.33 bits per heavy atom. The van der Waals surface area contributed by atoms with Gasteiger partial charge >= 0.3 is 0 Å². The molecule has 1 aromatic rings. The van der Waals surface area contributed by atoms with Crippen LogP contribution in [0.5, 0.6) is 0 Å². The summed E-state index contributed by atoms with van der Waals surface area (Å²) in [5.74, 6) is 1.35. The minimum atomic E-state index is 0.182. The molecule has 1 saturated carbocycles. The zero-order valence-electron chi connectivity index (χ0n) is 8.64. The number of likely N-dealkylation sites (tertiary alicyclic amines) is 1. The zero-order valence-corrected chi connectivity index (χ0v) is 8.64. The Morgan fingerprint density at radius 3 is 2.87 bits per heavy atom. The van der Waals surface area contributed by atoms with E-state index in [2.05, 4.69) is 10.1 Å². The third kappa shape index (κ3) is 1.26. The van der Waals surface area contributed by atoms with Gasteiger partial charge in [-0.3, -0.25) is 4.79 Å². The number of hydrogen-bond donors (Lipinski definition) is 0. The fraction of sp³-hybridized carbons (Fsp3) is 0.700. The third-order valence-electron chi connectivity index (χ3n) is 3.58. The van der Waals surface area contributed by atoms with E-state index in [1.54, 1.807) is 6.92 Å². The summed E-state index contributed by atoms with van der Waals surface area (Å²) >= 11 is 0. The summed E-state index contributed by atoms with van der Waals surface area (Å²) in [5.41, 5.74) is 0.366. The van der Waals surface area contributed by atoms with Gasteiger partial charge in [-0.2, -0.15) is 4.98 Å². The van der Waals surface area contributed by atoms with Gasteiger partial charge in [-0.1, -0.05) is 5.16 Å². The van der Waals surface area contributed by atoms with Crippen LogP contribution in [0, 0.1) is 5.41 Å². The van der Waals surface area contributed by atoms with Crippen LogP contribution >= 0.6 is 0 Å². The van der Waals surface area contributed by atoms with Crippen LogP contribution in [0.3, 0.4) is 0 Å². The van der Waals surface area contributed by atoms with Crippen molar-refractivity contribution in [3.05, 3.63) is 12.2 Å². The highest BCUT2D eigenvalue weighted by molar-refractivity contribution is 5.74. The minimum absolute atomic E-state index is 0.182. The number of carbonyl (C=O) groups is 1. The molecule has 3 rings (SSSR count). The summed E-state index contributed by atoms with van der Waals surface area (Å²) in [6.45, 7) is 3.45. The van der Waals surface area contributed by atoms with E-state index in [0.29, 0.717) is 11.3 Å². The van der Waals surface area contributed by atoms with E-state index in [0.717, 1.165) is 31.8 Å². The van der Waals surface area contributed by atoms with Crippen molar-refractivity contribution in [2.45, 2.75) is 25.7 Å². The summed E-state index contributed by atoms with van der Waals surface area (Å²) in [6.07, 6.45) is 3.61. The highest BCUT2D eigenvalue weighted by Crippen LogP contribution is 2.55. The number of aromatic nitrogens is 2. The van der Waals surface area contributed by atoms with Gasteiger partial charge in [-0.25, -0.2) is 0 Å². The topological polar surface area (TPSA) is 59.2 Å². The quantitative estimate of drug-likeness (QED) is 0.683. The molecule has 0 radical (unpaired) electrons. The first-order valence-corrected chi connectivity index (χ1v) is 5.21. The monoisotopic (exact) mass is 207 g/mol. The molecule has 0 bridgehead atoms. The normalized spacial score (nSPS) is 23.7. The molecule has 2 aliphatic rings. The van der Waals surface area contributed by atoms with E-state index in [1.165, 1.54) is 6.33 Å². The van der Waals surface area contributed by atoms with E-state index >= 15 is 0 Å². The molecule has 80 valence electrons. The van der Waals surface area contributed by atoms with Crippen molar-refractivity contribution in [3.63, 3.8) is 0 Å². The maximum atomic E-state index is 11.0. The van der Waals surface area contributed by atoms with E-state index in [9.17, 15) is 4.79 Å². The molecule has 1 aliphatic carbocycles. The summed E-state index contributed by atoms with van der Waals surface area (Å²) in [4.78, 5) is 17.0.